The Hall–Kier alpha value is -2.78. The Morgan fingerprint density at radius 1 is 1.48 bits per heavy atom. The molecule has 2 amide bonds. The lowest BCUT2D eigenvalue weighted by atomic mass is 9.95. The molecule has 1 aromatic heterocycles. The maximum Gasteiger partial charge on any atom is 0.362 e. The Morgan fingerprint density at radius 2 is 2.15 bits per heavy atom. The number of nitrogens with one attached hydrogen (secondary N) is 1. The van der Waals surface area contributed by atoms with E-state index in [4.69, 9.17) is 10.3 Å². The maximum atomic E-state index is 12.5. The van der Waals surface area contributed by atoms with Crippen molar-refractivity contribution in [3.8, 4) is 0 Å². The van der Waals surface area contributed by atoms with E-state index in [-0.39, 0.29) is 20.8 Å². The predicted molar refractivity (Wildman–Crippen MR) is 90.8 cm³/mol. The Kier molecular flexibility index (Phi) is 5.97. The first kappa shape index (κ1) is 20.5. The number of esters is 1. The lowest BCUT2D eigenvalue weighted by molar-refractivity contribution is -0.151. The van der Waals surface area contributed by atoms with Crippen LogP contribution in [0.1, 0.15) is 12.1 Å². The van der Waals surface area contributed by atoms with Crippen LogP contribution in [0.2, 0.25) is 0 Å². The van der Waals surface area contributed by atoms with Gasteiger partial charge in [0.05, 0.1) is 19.6 Å². The van der Waals surface area contributed by atoms with Crippen molar-refractivity contribution in [3.05, 3.63) is 11.1 Å². The second-order valence-corrected chi connectivity index (χ2v) is 7.28. The highest BCUT2D eigenvalue weighted by molar-refractivity contribution is 7.84. The number of rotatable bonds is 7. The van der Waals surface area contributed by atoms with Crippen LogP contribution in [-0.2, 0) is 34.3 Å². The summed E-state index contributed by atoms with van der Waals surface area (Å²) in [5, 5.41) is 7.34. The number of oxime groups is 1. The highest BCUT2D eigenvalue weighted by Gasteiger charge is 2.55. The van der Waals surface area contributed by atoms with E-state index in [2.05, 4.69) is 25.0 Å². The number of hydrogen-bond acceptors (Lipinski definition) is 11. The van der Waals surface area contributed by atoms with Crippen LogP contribution in [0.5, 0.6) is 0 Å². The fourth-order valence-corrected chi connectivity index (χ4v) is 3.74. The number of hydrogen-bond donors (Lipinski definition) is 3. The summed E-state index contributed by atoms with van der Waals surface area (Å²) >= 11 is 1.03. The molecule has 0 spiro atoms. The summed E-state index contributed by atoms with van der Waals surface area (Å²) in [5.74, 6) is -2.90. The van der Waals surface area contributed by atoms with E-state index >= 15 is 0 Å². The zero-order valence-corrected chi connectivity index (χ0v) is 15.6. The van der Waals surface area contributed by atoms with Gasteiger partial charge in [-0.15, -0.1) is 11.3 Å². The normalized spacial score (nSPS) is 20.0. The highest BCUT2D eigenvalue weighted by atomic mass is 32.2. The van der Waals surface area contributed by atoms with Crippen LogP contribution in [0.15, 0.2) is 10.5 Å². The minimum atomic E-state index is -4.92. The number of β-lactam (4-membered cyclic amide) rings is 1. The molecule has 1 aliphatic rings. The molecule has 4 N–H and O–H groups in total. The first-order valence-electron chi connectivity index (χ1n) is 7.11. The number of nitrogen functional groups attached to an aromatic ring is 1. The molecular formula is C12H15N5O8S2. The van der Waals surface area contributed by atoms with Gasteiger partial charge in [0, 0.05) is 5.38 Å². The van der Waals surface area contributed by atoms with Gasteiger partial charge in [0.15, 0.2) is 10.8 Å². The molecule has 2 unspecified atom stereocenters. The summed E-state index contributed by atoms with van der Waals surface area (Å²) in [6.07, 6.45) is -0.576. The van der Waals surface area contributed by atoms with Gasteiger partial charge < -0.3 is 20.6 Å². The summed E-state index contributed by atoms with van der Waals surface area (Å²) in [6.45, 7) is 0. The number of anilines is 1. The van der Waals surface area contributed by atoms with Gasteiger partial charge in [0.1, 0.15) is 18.8 Å². The van der Waals surface area contributed by atoms with Crippen LogP contribution in [0, 0.1) is 0 Å². The third-order valence-electron chi connectivity index (χ3n) is 3.47. The highest BCUT2D eigenvalue weighted by Crippen LogP contribution is 2.26. The molecule has 1 aliphatic heterocycles. The Balaban J connectivity index is 2.24. The molecule has 1 saturated heterocycles. The molecular weight excluding hydrogens is 406 g/mol. The maximum absolute atomic E-state index is 12.5. The molecule has 1 fully saturated rings. The van der Waals surface area contributed by atoms with Gasteiger partial charge in [-0.25, -0.2) is 9.29 Å². The second kappa shape index (κ2) is 7.85. The van der Waals surface area contributed by atoms with Crippen LogP contribution in [0.25, 0.3) is 0 Å². The Labute approximate surface area is 157 Å². The van der Waals surface area contributed by atoms with Gasteiger partial charge in [-0.1, -0.05) is 5.16 Å². The first-order chi connectivity index (χ1) is 12.6. The third kappa shape index (κ3) is 4.32. The molecule has 13 nitrogen and oxygen atoms in total. The van der Waals surface area contributed by atoms with Gasteiger partial charge in [0.2, 0.25) is 0 Å². The van der Waals surface area contributed by atoms with Crippen molar-refractivity contribution in [2.75, 3.05) is 20.0 Å². The van der Waals surface area contributed by atoms with E-state index in [0.717, 1.165) is 18.4 Å². The smallest absolute Gasteiger partial charge is 0.362 e. The summed E-state index contributed by atoms with van der Waals surface area (Å²) in [5.41, 5.74) is 5.26. The largest absolute Gasteiger partial charge is 0.469 e. The standard InChI is InChI=1S/C12H15N5O8S2/c1-24-7(18)3-6-9(11(20)17(6)27(21,22)23)15-10(19)8(16-25-2)5-4-26-12(13)14-5/h4,6,9H,3H2,1-2H3,(H2,13,14)(H,15,19)(H,21,22,23). The minimum Gasteiger partial charge on any atom is -0.469 e. The van der Waals surface area contributed by atoms with Gasteiger partial charge in [-0.05, 0) is 0 Å². The van der Waals surface area contributed by atoms with Crippen LogP contribution >= 0.6 is 11.3 Å². The molecule has 2 heterocycles. The monoisotopic (exact) mass is 421 g/mol. The number of nitrogens with zero attached hydrogens (tertiary/aromatic N) is 3. The van der Waals surface area contributed by atoms with Gasteiger partial charge in [0.25, 0.3) is 11.8 Å². The van der Waals surface area contributed by atoms with E-state index in [1.54, 1.807) is 0 Å². The topological polar surface area (TPSA) is 191 Å². The summed E-state index contributed by atoms with van der Waals surface area (Å²) in [7, 11) is -2.69. The molecule has 15 heteroatoms. The zero-order valence-electron chi connectivity index (χ0n) is 14.0. The second-order valence-electron chi connectivity index (χ2n) is 5.10. The number of thiazole rings is 1. The molecule has 27 heavy (non-hydrogen) atoms. The van der Waals surface area contributed by atoms with Crippen molar-refractivity contribution < 1.29 is 36.9 Å². The van der Waals surface area contributed by atoms with Crippen molar-refractivity contribution in [2.45, 2.75) is 18.5 Å². The van der Waals surface area contributed by atoms with Crippen molar-refractivity contribution >= 4 is 50.3 Å². The first-order valence-corrected chi connectivity index (χ1v) is 9.38. The summed E-state index contributed by atoms with van der Waals surface area (Å²) in [6, 6.07) is -2.79. The summed E-state index contributed by atoms with van der Waals surface area (Å²) < 4.78 is 36.3. The molecule has 2 atom stereocenters. The van der Waals surface area contributed by atoms with E-state index in [0.29, 0.717) is 0 Å². The average Bonchev–Trinajstić information content (AvgIpc) is 3.01. The van der Waals surface area contributed by atoms with Gasteiger partial charge >= 0.3 is 16.3 Å². The Bertz CT molecular complexity index is 895. The lowest BCUT2D eigenvalue weighted by Crippen LogP contribution is -2.72. The van der Waals surface area contributed by atoms with E-state index in [1.807, 2.05) is 0 Å². The molecule has 0 aliphatic carbocycles. The number of amides is 2. The molecule has 0 saturated carbocycles. The molecule has 148 valence electrons. The van der Waals surface area contributed by atoms with Crippen LogP contribution in [0.3, 0.4) is 0 Å². The molecule has 2 rings (SSSR count). The van der Waals surface area contributed by atoms with E-state index < -0.39 is 46.6 Å². The van der Waals surface area contributed by atoms with Crippen molar-refractivity contribution in [2.24, 2.45) is 5.16 Å². The van der Waals surface area contributed by atoms with Crippen LogP contribution in [0.4, 0.5) is 5.13 Å². The lowest BCUT2D eigenvalue weighted by Gasteiger charge is -2.43. The number of nitrogens with two attached hydrogens (primary N) is 1. The quantitative estimate of drug-likeness (QED) is 0.148. The van der Waals surface area contributed by atoms with Crippen molar-refractivity contribution in [3.63, 3.8) is 0 Å². The zero-order chi connectivity index (χ0) is 20.4. The molecule has 0 radical (unpaired) electrons. The Morgan fingerprint density at radius 3 is 2.63 bits per heavy atom. The average molecular weight is 421 g/mol. The van der Waals surface area contributed by atoms with Crippen molar-refractivity contribution in [1.82, 2.24) is 14.6 Å². The fourth-order valence-electron chi connectivity index (χ4n) is 2.32. The van der Waals surface area contributed by atoms with Crippen molar-refractivity contribution in [1.29, 1.82) is 0 Å². The van der Waals surface area contributed by atoms with E-state index in [9.17, 15) is 22.8 Å². The summed E-state index contributed by atoms with van der Waals surface area (Å²) in [4.78, 5) is 44.4. The minimum absolute atomic E-state index is 0.0692. The van der Waals surface area contributed by atoms with Crippen LogP contribution in [-0.4, -0.2) is 72.1 Å². The predicted octanol–water partition coefficient (Wildman–Crippen LogP) is -1.86. The third-order valence-corrected chi connectivity index (χ3v) is 5.09. The number of carbonyl (C=O) groups excluding carboxylic acids is 3. The number of aromatic nitrogens is 1. The number of carbonyl (C=O) groups is 3. The van der Waals surface area contributed by atoms with E-state index in [1.165, 1.54) is 12.5 Å². The van der Waals surface area contributed by atoms with Gasteiger partial charge in [-0.2, -0.15) is 8.42 Å². The molecule has 0 bridgehead atoms. The SMILES string of the molecule is CON=C(C(=O)NC1C(=O)N(S(=O)(=O)O)C1CC(=O)OC)c1csc(N)n1. The van der Waals surface area contributed by atoms with Gasteiger partial charge in [-0.3, -0.25) is 18.9 Å². The number of methoxy groups -OCH3 is 1. The number of ether oxygens (including phenoxy) is 1. The molecule has 1 aromatic rings. The fraction of sp³-hybridized carbons (Fsp3) is 0.417. The molecule has 0 aromatic carbocycles. The van der Waals surface area contributed by atoms with Crippen LogP contribution < -0.4 is 11.1 Å².